The van der Waals surface area contributed by atoms with Gasteiger partial charge in [-0.05, 0) is 36.2 Å². The molecule has 0 spiro atoms. The maximum absolute atomic E-state index is 12.1. The van der Waals surface area contributed by atoms with E-state index in [1.807, 2.05) is 17.5 Å². The van der Waals surface area contributed by atoms with Crippen LogP contribution in [0.15, 0.2) is 54.2 Å². The van der Waals surface area contributed by atoms with E-state index < -0.39 is 6.36 Å². The van der Waals surface area contributed by atoms with Gasteiger partial charge in [-0.3, -0.25) is 9.78 Å². The van der Waals surface area contributed by atoms with Gasteiger partial charge in [0.15, 0.2) is 0 Å². The molecule has 3 rings (SSSR count). The van der Waals surface area contributed by atoms with E-state index in [2.05, 4.69) is 20.0 Å². The van der Waals surface area contributed by atoms with E-state index in [0.717, 1.165) is 16.1 Å². The molecule has 1 aromatic carbocycles. The summed E-state index contributed by atoms with van der Waals surface area (Å²) < 4.78 is 40.2. The first-order chi connectivity index (χ1) is 13.4. The van der Waals surface area contributed by atoms with Gasteiger partial charge in [0.1, 0.15) is 10.8 Å². The monoisotopic (exact) mass is 407 g/mol. The number of carbonyl (C=O) groups is 1. The number of rotatable bonds is 7. The molecule has 0 radical (unpaired) electrons. The topological polar surface area (TPSA) is 64.1 Å². The Hall–Kier alpha value is -2.94. The first kappa shape index (κ1) is 19.8. The number of hydrogen-bond acceptors (Lipinski definition) is 5. The minimum atomic E-state index is -4.71. The van der Waals surface area contributed by atoms with Gasteiger partial charge in [-0.15, -0.1) is 24.5 Å². The first-order valence-corrected chi connectivity index (χ1v) is 9.23. The van der Waals surface area contributed by atoms with E-state index in [0.29, 0.717) is 18.7 Å². The van der Waals surface area contributed by atoms with Gasteiger partial charge in [-0.25, -0.2) is 4.98 Å². The van der Waals surface area contributed by atoms with E-state index in [1.165, 1.54) is 35.6 Å². The Morgan fingerprint density at radius 3 is 2.64 bits per heavy atom. The minimum absolute atomic E-state index is 0.162. The largest absolute Gasteiger partial charge is 0.573 e. The Morgan fingerprint density at radius 2 is 1.96 bits per heavy atom. The zero-order valence-corrected chi connectivity index (χ0v) is 15.4. The quantitative estimate of drug-likeness (QED) is 0.643. The number of nitrogens with zero attached hydrogens (tertiary/aromatic N) is 2. The van der Waals surface area contributed by atoms with Gasteiger partial charge in [0.05, 0.1) is 12.1 Å². The molecule has 5 nitrogen and oxygen atoms in total. The number of pyridine rings is 1. The molecule has 0 saturated heterocycles. The molecule has 0 bridgehead atoms. The lowest BCUT2D eigenvalue weighted by molar-refractivity contribution is -0.274. The average molecular weight is 407 g/mol. The number of benzene rings is 1. The van der Waals surface area contributed by atoms with Crippen LogP contribution in [-0.2, 0) is 17.6 Å². The molecule has 0 aliphatic rings. The van der Waals surface area contributed by atoms with Crippen molar-refractivity contribution in [2.24, 2.45) is 0 Å². The summed E-state index contributed by atoms with van der Waals surface area (Å²) in [5.41, 5.74) is 2.37. The van der Waals surface area contributed by atoms with Crippen molar-refractivity contribution in [1.82, 2.24) is 15.3 Å². The predicted octanol–water partition coefficient (Wildman–Crippen LogP) is 4.01. The molecule has 2 heterocycles. The summed E-state index contributed by atoms with van der Waals surface area (Å²) in [6, 6.07) is 9.30. The molecular weight excluding hydrogens is 391 g/mol. The number of alkyl halides is 3. The van der Waals surface area contributed by atoms with Crippen molar-refractivity contribution in [2.45, 2.75) is 19.2 Å². The average Bonchev–Trinajstić information content (AvgIpc) is 3.11. The van der Waals surface area contributed by atoms with E-state index in [1.54, 1.807) is 12.4 Å². The molecule has 28 heavy (non-hydrogen) atoms. The third-order valence-corrected chi connectivity index (χ3v) is 4.63. The summed E-state index contributed by atoms with van der Waals surface area (Å²) in [6.45, 7) is 0.373. The lowest BCUT2D eigenvalue weighted by Crippen LogP contribution is -2.27. The van der Waals surface area contributed by atoms with Gasteiger partial charge in [-0.2, -0.15) is 0 Å². The highest BCUT2D eigenvalue weighted by Gasteiger charge is 2.30. The normalized spacial score (nSPS) is 11.2. The Labute approximate surface area is 163 Å². The molecule has 9 heteroatoms. The Bertz CT molecular complexity index is 912. The molecule has 0 saturated carbocycles. The fraction of sp³-hybridized carbons (Fsp3) is 0.211. The molecule has 1 amide bonds. The molecule has 0 unspecified atom stereocenters. The maximum Gasteiger partial charge on any atom is 0.573 e. The van der Waals surface area contributed by atoms with Gasteiger partial charge in [0.2, 0.25) is 5.91 Å². The lowest BCUT2D eigenvalue weighted by atomic mass is 10.1. The Morgan fingerprint density at radius 1 is 1.18 bits per heavy atom. The van der Waals surface area contributed by atoms with Crippen LogP contribution < -0.4 is 10.1 Å². The smallest absolute Gasteiger partial charge is 0.406 e. The lowest BCUT2D eigenvalue weighted by Gasteiger charge is -2.09. The summed E-state index contributed by atoms with van der Waals surface area (Å²) in [7, 11) is 0. The van der Waals surface area contributed by atoms with Gasteiger partial charge >= 0.3 is 6.36 Å². The van der Waals surface area contributed by atoms with Gasteiger partial charge in [0.25, 0.3) is 0 Å². The second kappa shape index (κ2) is 8.83. The van der Waals surface area contributed by atoms with Gasteiger partial charge < -0.3 is 10.1 Å². The summed E-state index contributed by atoms with van der Waals surface area (Å²) in [6.07, 6.45) is -0.650. The standard InChI is InChI=1S/C19H16F3N3O2S/c20-19(21,22)27-16-5-3-13(4-6-16)7-9-24-17(26)10-15-12-28-18(25-15)14-2-1-8-23-11-14/h1-6,8,11-12H,7,9-10H2,(H,24,26). The van der Waals surface area contributed by atoms with Crippen LogP contribution in [0.5, 0.6) is 5.75 Å². The van der Waals surface area contributed by atoms with Crippen LogP contribution in [0.2, 0.25) is 0 Å². The number of ether oxygens (including phenoxy) is 1. The number of hydrogen-bond donors (Lipinski definition) is 1. The molecule has 0 fully saturated rings. The highest BCUT2D eigenvalue weighted by atomic mass is 32.1. The van der Waals surface area contributed by atoms with Crippen molar-refractivity contribution < 1.29 is 22.7 Å². The third kappa shape index (κ3) is 6.05. The van der Waals surface area contributed by atoms with Crippen molar-refractivity contribution in [3.8, 4) is 16.3 Å². The summed E-state index contributed by atoms with van der Waals surface area (Å²) in [5, 5.41) is 5.42. The molecule has 3 aromatic rings. The number of amides is 1. The Kier molecular flexibility index (Phi) is 6.25. The zero-order chi connectivity index (χ0) is 20.0. The van der Waals surface area contributed by atoms with Crippen molar-refractivity contribution in [2.75, 3.05) is 6.54 Å². The number of aromatic nitrogens is 2. The summed E-state index contributed by atoms with van der Waals surface area (Å²) in [4.78, 5) is 20.5. The minimum Gasteiger partial charge on any atom is -0.406 e. The van der Waals surface area contributed by atoms with Crippen molar-refractivity contribution in [1.29, 1.82) is 0 Å². The molecule has 0 atom stereocenters. The molecular formula is C19H16F3N3O2S. The number of thiazole rings is 1. The first-order valence-electron chi connectivity index (χ1n) is 8.35. The maximum atomic E-state index is 12.1. The van der Waals surface area contributed by atoms with Crippen LogP contribution in [0.4, 0.5) is 13.2 Å². The number of carbonyl (C=O) groups excluding carboxylic acids is 1. The van der Waals surface area contributed by atoms with E-state index >= 15 is 0 Å². The number of nitrogens with one attached hydrogen (secondary N) is 1. The van der Waals surface area contributed by atoms with Crippen LogP contribution in [-0.4, -0.2) is 28.8 Å². The van der Waals surface area contributed by atoms with Crippen LogP contribution >= 0.6 is 11.3 Å². The highest BCUT2D eigenvalue weighted by molar-refractivity contribution is 7.13. The van der Waals surface area contributed by atoms with Gasteiger partial charge in [0, 0.05) is 29.9 Å². The van der Waals surface area contributed by atoms with Crippen LogP contribution in [0.25, 0.3) is 10.6 Å². The second-order valence-electron chi connectivity index (χ2n) is 5.85. The molecule has 0 aliphatic heterocycles. The molecule has 0 aliphatic carbocycles. The third-order valence-electron chi connectivity index (χ3n) is 3.69. The number of halogens is 3. The van der Waals surface area contributed by atoms with Crippen LogP contribution in [0.1, 0.15) is 11.3 Å². The zero-order valence-electron chi connectivity index (χ0n) is 14.6. The van der Waals surface area contributed by atoms with E-state index in [-0.39, 0.29) is 18.1 Å². The molecule has 2 aromatic heterocycles. The fourth-order valence-electron chi connectivity index (χ4n) is 2.44. The summed E-state index contributed by atoms with van der Waals surface area (Å²) in [5.74, 6) is -0.437. The second-order valence-corrected chi connectivity index (χ2v) is 6.71. The predicted molar refractivity (Wildman–Crippen MR) is 98.9 cm³/mol. The van der Waals surface area contributed by atoms with E-state index in [9.17, 15) is 18.0 Å². The van der Waals surface area contributed by atoms with Crippen molar-refractivity contribution >= 4 is 17.2 Å². The van der Waals surface area contributed by atoms with Gasteiger partial charge in [-0.1, -0.05) is 12.1 Å². The Balaban J connectivity index is 1.44. The highest BCUT2D eigenvalue weighted by Crippen LogP contribution is 2.23. The molecule has 1 N–H and O–H groups in total. The fourth-order valence-corrected chi connectivity index (χ4v) is 3.25. The van der Waals surface area contributed by atoms with E-state index in [4.69, 9.17) is 0 Å². The summed E-state index contributed by atoms with van der Waals surface area (Å²) >= 11 is 1.45. The molecule has 146 valence electrons. The van der Waals surface area contributed by atoms with Crippen LogP contribution in [0.3, 0.4) is 0 Å². The van der Waals surface area contributed by atoms with Crippen molar-refractivity contribution in [3.05, 3.63) is 65.4 Å². The SMILES string of the molecule is O=C(Cc1csc(-c2cccnc2)n1)NCCc1ccc(OC(F)(F)F)cc1. The van der Waals surface area contributed by atoms with Crippen LogP contribution in [0, 0.1) is 0 Å². The van der Waals surface area contributed by atoms with Crippen molar-refractivity contribution in [3.63, 3.8) is 0 Å².